The first-order valence-electron chi connectivity index (χ1n) is 8.19. The fraction of sp³-hybridized carbons (Fsp3) is 0.529. The molecule has 0 aliphatic carbocycles. The van der Waals surface area contributed by atoms with Crippen LogP contribution in [0.5, 0.6) is 0 Å². The zero-order valence-corrected chi connectivity index (χ0v) is 17.3. The van der Waals surface area contributed by atoms with Gasteiger partial charge in [-0.25, -0.2) is 24.3 Å². The molecule has 2 atom stereocenters. The third-order valence-electron chi connectivity index (χ3n) is 4.38. The van der Waals surface area contributed by atoms with E-state index >= 15 is 0 Å². The fourth-order valence-corrected chi connectivity index (χ4v) is 4.17. The highest BCUT2D eigenvalue weighted by atomic mass is 32.2. The minimum atomic E-state index is -2.07. The second kappa shape index (κ2) is 7.88. The minimum Gasteiger partial charge on any atom is -0.406 e. The van der Waals surface area contributed by atoms with E-state index in [4.69, 9.17) is 4.43 Å². The molecule has 0 saturated carbocycles. The number of rotatable bonds is 6. The summed E-state index contributed by atoms with van der Waals surface area (Å²) in [5.41, 5.74) is 0. The molecule has 0 aromatic carbocycles. The Hall–Kier alpha value is -1.38. The molecule has 0 aliphatic heterocycles. The molecule has 2 aromatic rings. The first kappa shape index (κ1) is 19.9. The van der Waals surface area contributed by atoms with Crippen LogP contribution in [0.4, 0.5) is 4.39 Å². The summed E-state index contributed by atoms with van der Waals surface area (Å²) in [6, 6.07) is 1.78. The molecule has 0 aliphatic rings. The maximum Gasteiger partial charge on any atom is 0.193 e. The van der Waals surface area contributed by atoms with Gasteiger partial charge >= 0.3 is 0 Å². The number of hydrogen-bond acceptors (Lipinski definition) is 6. The van der Waals surface area contributed by atoms with Crippen LogP contribution < -0.4 is 0 Å². The second-order valence-electron chi connectivity index (χ2n) is 7.41. The minimum absolute atomic E-state index is 0.0259. The second-order valence-corrected chi connectivity index (χ2v) is 13.5. The van der Waals surface area contributed by atoms with Crippen molar-refractivity contribution in [2.45, 2.75) is 62.3 Å². The summed E-state index contributed by atoms with van der Waals surface area (Å²) in [6.07, 6.45) is 5.41. The molecular weight excluding hydrogens is 355 g/mol. The van der Waals surface area contributed by atoms with E-state index in [1.807, 2.05) is 6.92 Å². The first-order chi connectivity index (χ1) is 11.6. The van der Waals surface area contributed by atoms with Crippen LogP contribution in [0, 0.1) is 5.82 Å². The van der Waals surface area contributed by atoms with Crippen molar-refractivity contribution >= 4 is 20.1 Å². The molecule has 0 amide bonds. The Morgan fingerprint density at radius 1 is 1.08 bits per heavy atom. The molecule has 8 heteroatoms. The summed E-state index contributed by atoms with van der Waals surface area (Å²) in [4.78, 5) is 16.9. The average Bonchev–Trinajstić information content (AvgIpc) is 2.53. The smallest absolute Gasteiger partial charge is 0.193 e. The Kier molecular flexibility index (Phi) is 6.29. The Morgan fingerprint density at radius 2 is 1.64 bits per heavy atom. The molecular formula is C17H25FN4OSSi. The summed E-state index contributed by atoms with van der Waals surface area (Å²) in [5, 5.41) is 0.682. The SMILES string of the molecule is C[C@H](Sc1ncccn1)C(O[Si](C)(C)C(C)(C)C)c1ncc(F)cn1. The highest BCUT2D eigenvalue weighted by Crippen LogP contribution is 2.42. The molecule has 136 valence electrons. The van der Waals surface area contributed by atoms with E-state index in [2.05, 4.69) is 53.8 Å². The molecule has 0 fully saturated rings. The third-order valence-corrected chi connectivity index (χ3v) is 9.88. The molecule has 0 saturated heterocycles. The Morgan fingerprint density at radius 3 is 2.16 bits per heavy atom. The first-order valence-corrected chi connectivity index (χ1v) is 12.0. The summed E-state index contributed by atoms with van der Waals surface area (Å²) < 4.78 is 19.8. The molecule has 2 heterocycles. The van der Waals surface area contributed by atoms with Crippen LogP contribution in [0.1, 0.15) is 39.6 Å². The van der Waals surface area contributed by atoms with Gasteiger partial charge in [-0.2, -0.15) is 0 Å². The van der Waals surface area contributed by atoms with Crippen molar-refractivity contribution in [3.8, 4) is 0 Å². The molecule has 0 N–H and O–H groups in total. The van der Waals surface area contributed by atoms with E-state index in [0.717, 1.165) is 0 Å². The van der Waals surface area contributed by atoms with Gasteiger partial charge in [0.05, 0.1) is 12.4 Å². The summed E-state index contributed by atoms with van der Waals surface area (Å²) in [6.45, 7) is 12.9. The van der Waals surface area contributed by atoms with Gasteiger partial charge in [-0.05, 0) is 31.1 Å². The molecule has 2 aromatic heterocycles. The Bertz CT molecular complexity index is 679. The number of hydrogen-bond donors (Lipinski definition) is 0. The van der Waals surface area contributed by atoms with Crippen molar-refractivity contribution in [2.75, 3.05) is 0 Å². The van der Waals surface area contributed by atoms with Gasteiger partial charge in [-0.1, -0.05) is 32.5 Å². The van der Waals surface area contributed by atoms with Crippen LogP contribution in [0.3, 0.4) is 0 Å². The zero-order chi connectivity index (χ0) is 18.7. The van der Waals surface area contributed by atoms with Crippen LogP contribution in [0.25, 0.3) is 0 Å². The van der Waals surface area contributed by atoms with Crippen molar-refractivity contribution in [3.05, 3.63) is 42.5 Å². The van der Waals surface area contributed by atoms with Crippen LogP contribution in [-0.4, -0.2) is 33.5 Å². The number of thioether (sulfide) groups is 1. The van der Waals surface area contributed by atoms with Gasteiger partial charge in [-0.3, -0.25) is 0 Å². The van der Waals surface area contributed by atoms with E-state index in [9.17, 15) is 4.39 Å². The van der Waals surface area contributed by atoms with Crippen molar-refractivity contribution in [1.29, 1.82) is 0 Å². The van der Waals surface area contributed by atoms with E-state index in [-0.39, 0.29) is 16.4 Å². The van der Waals surface area contributed by atoms with Crippen LogP contribution in [-0.2, 0) is 4.43 Å². The maximum atomic E-state index is 13.2. The van der Waals surface area contributed by atoms with E-state index in [0.29, 0.717) is 11.0 Å². The lowest BCUT2D eigenvalue weighted by Gasteiger charge is -2.40. The highest BCUT2D eigenvalue weighted by molar-refractivity contribution is 7.99. The molecule has 0 bridgehead atoms. The summed E-state index contributed by atoms with van der Waals surface area (Å²) in [7, 11) is -2.07. The van der Waals surface area contributed by atoms with Crippen molar-refractivity contribution in [2.24, 2.45) is 0 Å². The predicted molar refractivity (Wildman–Crippen MR) is 100 cm³/mol. The van der Waals surface area contributed by atoms with E-state index in [1.54, 1.807) is 18.5 Å². The fourth-order valence-electron chi connectivity index (χ4n) is 1.90. The van der Waals surface area contributed by atoms with Crippen molar-refractivity contribution < 1.29 is 8.82 Å². The number of aromatic nitrogens is 4. The lowest BCUT2D eigenvalue weighted by Crippen LogP contribution is -2.43. The van der Waals surface area contributed by atoms with Gasteiger partial charge in [0, 0.05) is 17.6 Å². The highest BCUT2D eigenvalue weighted by Gasteiger charge is 2.41. The average molecular weight is 381 g/mol. The molecule has 1 unspecified atom stereocenters. The predicted octanol–water partition coefficient (Wildman–Crippen LogP) is 4.65. The topological polar surface area (TPSA) is 60.8 Å². The molecule has 2 rings (SSSR count). The van der Waals surface area contributed by atoms with Crippen molar-refractivity contribution in [3.63, 3.8) is 0 Å². The van der Waals surface area contributed by atoms with E-state index < -0.39 is 14.1 Å². The summed E-state index contributed by atoms with van der Waals surface area (Å²) >= 11 is 1.50. The summed E-state index contributed by atoms with van der Waals surface area (Å²) in [5.74, 6) is 0.0312. The monoisotopic (exact) mass is 380 g/mol. The van der Waals surface area contributed by atoms with Gasteiger partial charge in [0.15, 0.2) is 25.1 Å². The van der Waals surface area contributed by atoms with Crippen LogP contribution in [0.15, 0.2) is 36.0 Å². The van der Waals surface area contributed by atoms with Crippen LogP contribution >= 0.6 is 11.8 Å². The molecule has 5 nitrogen and oxygen atoms in total. The zero-order valence-electron chi connectivity index (χ0n) is 15.5. The van der Waals surface area contributed by atoms with Crippen LogP contribution in [0.2, 0.25) is 18.1 Å². The van der Waals surface area contributed by atoms with Gasteiger partial charge in [-0.15, -0.1) is 0 Å². The van der Waals surface area contributed by atoms with Gasteiger partial charge < -0.3 is 4.43 Å². The quantitative estimate of drug-likeness (QED) is 0.413. The lowest BCUT2D eigenvalue weighted by atomic mass is 10.2. The van der Waals surface area contributed by atoms with Gasteiger partial charge in [0.1, 0.15) is 6.10 Å². The molecule has 0 spiro atoms. The third kappa shape index (κ3) is 5.29. The van der Waals surface area contributed by atoms with Crippen molar-refractivity contribution in [1.82, 2.24) is 19.9 Å². The number of nitrogens with zero attached hydrogens (tertiary/aromatic N) is 4. The largest absolute Gasteiger partial charge is 0.406 e. The standard InChI is InChI=1S/C17H25FN4OSSi/c1-12(24-16-19-8-7-9-20-16)14(15-21-10-13(18)11-22-15)23-25(5,6)17(2,3)4/h7-12,14H,1-6H3/t12-,14?/m0/s1. The Labute approximate surface area is 154 Å². The lowest BCUT2D eigenvalue weighted by molar-refractivity contribution is 0.175. The normalized spacial score (nSPS) is 15.0. The Balaban J connectivity index is 2.30. The number of halogens is 1. The molecule has 25 heavy (non-hydrogen) atoms. The van der Waals surface area contributed by atoms with E-state index in [1.165, 1.54) is 24.2 Å². The van der Waals surface area contributed by atoms with Gasteiger partial charge in [0.25, 0.3) is 0 Å². The van der Waals surface area contributed by atoms with Gasteiger partial charge in [0.2, 0.25) is 0 Å². The molecule has 0 radical (unpaired) electrons. The maximum absolute atomic E-state index is 13.2.